The Kier molecular flexibility index (Phi) is 11.7. The minimum absolute atomic E-state index is 0.0251. The Morgan fingerprint density at radius 2 is 1.40 bits per heavy atom. The lowest BCUT2D eigenvalue weighted by Crippen LogP contribution is -2.34. The molecule has 3 heteroatoms. The summed E-state index contributed by atoms with van der Waals surface area (Å²) in [5, 5.41) is 0. The molecule has 1 spiro atoms. The van der Waals surface area contributed by atoms with E-state index in [0.29, 0.717) is 0 Å². The summed E-state index contributed by atoms with van der Waals surface area (Å²) < 4.78 is 12.0. The fourth-order valence-electron chi connectivity index (χ4n) is 4.46. The Hall–Kier alpha value is -1.19. The Morgan fingerprint density at radius 3 is 1.93 bits per heavy atom. The van der Waals surface area contributed by atoms with Crippen molar-refractivity contribution >= 4 is 5.78 Å². The fraction of sp³-hybridized carbons (Fsp3) is 0.741. The molecule has 1 heterocycles. The molecular formula is C27H44O3. The van der Waals surface area contributed by atoms with Crippen LogP contribution in [0.2, 0.25) is 0 Å². The van der Waals surface area contributed by atoms with Crippen molar-refractivity contribution in [3.63, 3.8) is 0 Å². The van der Waals surface area contributed by atoms with Gasteiger partial charge in [-0.2, -0.15) is 0 Å². The van der Waals surface area contributed by atoms with Gasteiger partial charge in [-0.15, -0.1) is 0 Å². The second-order valence-corrected chi connectivity index (χ2v) is 9.08. The largest absolute Gasteiger partial charge is 0.350 e. The van der Waals surface area contributed by atoms with Crippen LogP contribution in [0.25, 0.3) is 0 Å². The highest BCUT2D eigenvalue weighted by molar-refractivity contribution is 6.00. The van der Waals surface area contributed by atoms with Gasteiger partial charge in [0.05, 0.1) is 0 Å². The summed E-state index contributed by atoms with van der Waals surface area (Å²) in [6.07, 6.45) is 31.9. The number of ketones is 1. The van der Waals surface area contributed by atoms with Crippen LogP contribution in [0, 0.1) is 0 Å². The molecule has 1 saturated heterocycles. The van der Waals surface area contributed by atoms with E-state index < -0.39 is 11.4 Å². The van der Waals surface area contributed by atoms with Gasteiger partial charge in [0.25, 0.3) is 0 Å². The molecule has 170 valence electrons. The third-order valence-corrected chi connectivity index (χ3v) is 6.48. The first-order valence-corrected chi connectivity index (χ1v) is 12.5. The zero-order chi connectivity index (χ0) is 21.5. The van der Waals surface area contributed by atoms with Gasteiger partial charge in [0.15, 0.2) is 11.6 Å². The SMILES string of the molecule is CCCCCCCCCCCCCCC/C=C/C1(OC)CCC2(C=CC(=O)C=C2)O1. The molecule has 0 bridgehead atoms. The van der Waals surface area contributed by atoms with Crippen LogP contribution in [0.4, 0.5) is 0 Å². The van der Waals surface area contributed by atoms with Crippen LogP contribution in [-0.2, 0) is 14.3 Å². The van der Waals surface area contributed by atoms with Gasteiger partial charge < -0.3 is 9.47 Å². The van der Waals surface area contributed by atoms with Crippen LogP contribution < -0.4 is 0 Å². The van der Waals surface area contributed by atoms with Crippen LogP contribution in [-0.4, -0.2) is 24.3 Å². The zero-order valence-corrected chi connectivity index (χ0v) is 19.5. The Balaban J connectivity index is 1.49. The quantitative estimate of drug-likeness (QED) is 0.192. The summed E-state index contributed by atoms with van der Waals surface area (Å²) in [7, 11) is 1.70. The van der Waals surface area contributed by atoms with E-state index in [1.54, 1.807) is 19.3 Å². The molecule has 1 aliphatic heterocycles. The van der Waals surface area contributed by atoms with Gasteiger partial charge in [0, 0.05) is 13.5 Å². The molecule has 0 N–H and O–H groups in total. The first-order valence-electron chi connectivity index (χ1n) is 12.5. The van der Waals surface area contributed by atoms with E-state index in [2.05, 4.69) is 19.1 Å². The first kappa shape index (κ1) is 25.1. The number of carbonyl (C=O) groups excluding carboxylic acids is 1. The van der Waals surface area contributed by atoms with E-state index in [9.17, 15) is 4.79 Å². The summed E-state index contributed by atoms with van der Waals surface area (Å²) in [5.74, 6) is -0.636. The predicted octanol–water partition coefficient (Wildman–Crippen LogP) is 7.61. The monoisotopic (exact) mass is 416 g/mol. The molecule has 0 amide bonds. The first-order chi connectivity index (χ1) is 14.6. The van der Waals surface area contributed by atoms with Crippen molar-refractivity contribution in [1.29, 1.82) is 0 Å². The van der Waals surface area contributed by atoms with Crippen molar-refractivity contribution < 1.29 is 14.3 Å². The van der Waals surface area contributed by atoms with E-state index in [1.165, 1.54) is 83.5 Å². The fourth-order valence-corrected chi connectivity index (χ4v) is 4.46. The molecule has 0 radical (unpaired) electrons. The van der Waals surface area contributed by atoms with Crippen LogP contribution in [0.5, 0.6) is 0 Å². The molecule has 3 nitrogen and oxygen atoms in total. The number of hydrogen-bond donors (Lipinski definition) is 0. The van der Waals surface area contributed by atoms with Crippen molar-refractivity contribution in [2.45, 2.75) is 121 Å². The minimum Gasteiger partial charge on any atom is -0.350 e. The van der Waals surface area contributed by atoms with Gasteiger partial charge in [-0.3, -0.25) is 4.79 Å². The minimum atomic E-state index is -0.661. The second kappa shape index (κ2) is 14.0. The topological polar surface area (TPSA) is 35.5 Å². The third-order valence-electron chi connectivity index (χ3n) is 6.48. The Morgan fingerprint density at radius 1 is 0.867 bits per heavy atom. The summed E-state index contributed by atoms with van der Waals surface area (Å²) in [4.78, 5) is 11.4. The molecule has 1 fully saturated rings. The molecule has 30 heavy (non-hydrogen) atoms. The number of rotatable bonds is 16. The number of unbranched alkanes of at least 4 members (excludes halogenated alkanes) is 13. The van der Waals surface area contributed by atoms with Crippen LogP contribution in [0.3, 0.4) is 0 Å². The van der Waals surface area contributed by atoms with Crippen molar-refractivity contribution in [3.05, 3.63) is 36.5 Å². The van der Waals surface area contributed by atoms with Gasteiger partial charge in [0.2, 0.25) is 0 Å². The standard InChI is InChI=1S/C27H44O3/c1-3-4-5-6-7-8-9-10-11-12-13-14-15-16-17-20-27(29-2)24-23-26(30-27)21-18-25(28)19-22-26/h17-22H,3-16,23-24H2,1-2H3/b20-17+. The molecule has 2 aliphatic rings. The Labute approximate surface area is 185 Å². The van der Waals surface area contributed by atoms with E-state index >= 15 is 0 Å². The lowest BCUT2D eigenvalue weighted by atomic mass is 9.94. The van der Waals surface area contributed by atoms with Gasteiger partial charge in [-0.1, -0.05) is 90.0 Å². The number of methoxy groups -OCH3 is 1. The molecule has 1 atom stereocenters. The lowest BCUT2D eigenvalue weighted by molar-refractivity contribution is -0.186. The average Bonchev–Trinajstić information content (AvgIpc) is 3.12. The van der Waals surface area contributed by atoms with Crippen molar-refractivity contribution in [1.82, 2.24) is 0 Å². The van der Waals surface area contributed by atoms with E-state index in [4.69, 9.17) is 9.47 Å². The highest BCUT2D eigenvalue weighted by Gasteiger charge is 2.46. The van der Waals surface area contributed by atoms with Gasteiger partial charge in [-0.05, 0) is 49.6 Å². The maximum atomic E-state index is 11.4. The zero-order valence-electron chi connectivity index (χ0n) is 19.5. The summed E-state index contributed by atoms with van der Waals surface area (Å²) in [6, 6.07) is 0. The normalized spacial score (nSPS) is 22.7. The van der Waals surface area contributed by atoms with Crippen molar-refractivity contribution in [2.75, 3.05) is 7.11 Å². The highest BCUT2D eigenvalue weighted by Crippen LogP contribution is 2.42. The molecule has 0 aromatic rings. The van der Waals surface area contributed by atoms with E-state index in [0.717, 1.165) is 19.3 Å². The molecule has 2 rings (SSSR count). The van der Waals surface area contributed by atoms with Crippen molar-refractivity contribution in [3.8, 4) is 0 Å². The number of hydrogen-bond acceptors (Lipinski definition) is 3. The second-order valence-electron chi connectivity index (χ2n) is 9.08. The van der Waals surface area contributed by atoms with Gasteiger partial charge >= 0.3 is 0 Å². The van der Waals surface area contributed by atoms with Crippen LogP contribution in [0.1, 0.15) is 110 Å². The maximum absolute atomic E-state index is 11.4. The molecule has 0 aromatic carbocycles. The Bertz CT molecular complexity index is 559. The maximum Gasteiger partial charge on any atom is 0.188 e. The summed E-state index contributed by atoms with van der Waals surface area (Å²) in [5.41, 5.74) is -0.482. The van der Waals surface area contributed by atoms with Gasteiger partial charge in [-0.25, -0.2) is 0 Å². The summed E-state index contributed by atoms with van der Waals surface area (Å²) in [6.45, 7) is 2.28. The average molecular weight is 417 g/mol. The molecule has 0 aromatic heterocycles. The highest BCUT2D eigenvalue weighted by atomic mass is 16.7. The number of allylic oxidation sites excluding steroid dienone is 3. The predicted molar refractivity (Wildman–Crippen MR) is 126 cm³/mol. The van der Waals surface area contributed by atoms with E-state index in [1.807, 2.05) is 12.2 Å². The van der Waals surface area contributed by atoms with Gasteiger partial charge in [0.1, 0.15) is 5.60 Å². The molecule has 1 unspecified atom stereocenters. The molecular weight excluding hydrogens is 372 g/mol. The van der Waals surface area contributed by atoms with Crippen molar-refractivity contribution in [2.24, 2.45) is 0 Å². The van der Waals surface area contributed by atoms with E-state index in [-0.39, 0.29) is 5.78 Å². The smallest absolute Gasteiger partial charge is 0.188 e. The van der Waals surface area contributed by atoms with Crippen LogP contribution >= 0.6 is 0 Å². The molecule has 0 saturated carbocycles. The lowest BCUT2D eigenvalue weighted by Gasteiger charge is -2.29. The number of ether oxygens (including phenoxy) is 2. The third kappa shape index (κ3) is 8.89. The number of carbonyl (C=O) groups is 1. The van der Waals surface area contributed by atoms with Crippen LogP contribution in [0.15, 0.2) is 36.5 Å². The molecule has 1 aliphatic carbocycles. The summed E-state index contributed by atoms with van der Waals surface area (Å²) >= 11 is 0.